The zero-order chi connectivity index (χ0) is 23.3. The van der Waals surface area contributed by atoms with Gasteiger partial charge in [0.2, 0.25) is 10.0 Å². The van der Waals surface area contributed by atoms with Crippen LogP contribution in [0.3, 0.4) is 0 Å². The molecule has 1 aliphatic heterocycles. The summed E-state index contributed by atoms with van der Waals surface area (Å²) in [5.41, 5.74) is 0.846. The minimum atomic E-state index is -3.51. The van der Waals surface area contributed by atoms with Crippen LogP contribution in [0.5, 0.6) is 0 Å². The normalized spacial score (nSPS) is 19.1. The number of carbonyl (C=O) groups excluding carboxylic acids is 1. The molecule has 1 N–H and O–H groups in total. The van der Waals surface area contributed by atoms with Crippen molar-refractivity contribution in [2.75, 3.05) is 18.4 Å². The van der Waals surface area contributed by atoms with E-state index in [1.54, 1.807) is 6.08 Å². The van der Waals surface area contributed by atoms with Crippen molar-refractivity contribution in [3.63, 3.8) is 0 Å². The molecule has 10 heteroatoms. The lowest BCUT2D eigenvalue weighted by atomic mass is 9.91. The molecular weight excluding hydrogens is 480 g/mol. The molecule has 2 aliphatic rings. The highest BCUT2D eigenvalue weighted by Crippen LogP contribution is 2.30. The second-order valence-corrected chi connectivity index (χ2v) is 12.0. The number of nitrogens with one attached hydrogen (secondary N) is 1. The van der Waals surface area contributed by atoms with Crippen LogP contribution in [0, 0.1) is 0 Å². The Morgan fingerprint density at radius 3 is 2.39 bits per heavy atom. The van der Waals surface area contributed by atoms with Crippen LogP contribution in [0.4, 0.5) is 9.93 Å². The van der Waals surface area contributed by atoms with Gasteiger partial charge in [0, 0.05) is 30.6 Å². The number of thiazole rings is 1. The van der Waals surface area contributed by atoms with Crippen LogP contribution in [-0.2, 0) is 10.0 Å². The van der Waals surface area contributed by atoms with Crippen molar-refractivity contribution in [3.8, 4) is 0 Å². The van der Waals surface area contributed by atoms with Gasteiger partial charge in [0.1, 0.15) is 4.34 Å². The molecule has 178 valence electrons. The Morgan fingerprint density at radius 1 is 1.09 bits per heavy atom. The number of amides is 2. The predicted octanol–water partition coefficient (Wildman–Crippen LogP) is 5.43. The molecule has 7 nitrogen and oxygen atoms in total. The quantitative estimate of drug-likeness (QED) is 0.564. The summed E-state index contributed by atoms with van der Waals surface area (Å²) in [4.78, 5) is 19.4. The molecule has 0 spiro atoms. The zero-order valence-electron chi connectivity index (χ0n) is 18.4. The molecule has 4 rings (SSSR count). The summed E-state index contributed by atoms with van der Waals surface area (Å²) in [7, 11) is -3.51. The second-order valence-electron chi connectivity index (χ2n) is 8.49. The van der Waals surface area contributed by atoms with E-state index < -0.39 is 10.0 Å². The fraction of sp³-hybridized carbons (Fsp3) is 0.478. The van der Waals surface area contributed by atoms with Crippen LogP contribution in [0.2, 0.25) is 4.34 Å². The first-order valence-electron chi connectivity index (χ1n) is 11.4. The van der Waals surface area contributed by atoms with Gasteiger partial charge in [-0.25, -0.2) is 18.2 Å². The Balaban J connectivity index is 1.42. The molecule has 1 aromatic carbocycles. The topological polar surface area (TPSA) is 82.6 Å². The number of anilines is 1. The van der Waals surface area contributed by atoms with Crippen molar-refractivity contribution in [1.82, 2.24) is 14.2 Å². The van der Waals surface area contributed by atoms with Crippen molar-refractivity contribution in [3.05, 3.63) is 51.8 Å². The third kappa shape index (κ3) is 6.35. The van der Waals surface area contributed by atoms with E-state index in [9.17, 15) is 13.2 Å². The monoisotopic (exact) mass is 508 g/mol. The molecule has 2 aromatic rings. The Kier molecular flexibility index (Phi) is 8.06. The first-order valence-corrected chi connectivity index (χ1v) is 14.1. The summed E-state index contributed by atoms with van der Waals surface area (Å²) in [5.74, 6) is 0. The summed E-state index contributed by atoms with van der Waals surface area (Å²) in [6.07, 6.45) is 9.74. The summed E-state index contributed by atoms with van der Waals surface area (Å²) in [5, 5.41) is 4.67. The molecule has 2 heterocycles. The fourth-order valence-corrected chi connectivity index (χ4v) is 6.67. The van der Waals surface area contributed by atoms with Crippen molar-refractivity contribution >= 4 is 50.2 Å². The molecule has 2 amide bonds. The lowest BCUT2D eigenvalue weighted by molar-refractivity contribution is 0.106. The molecule has 0 unspecified atom stereocenters. The molecule has 2 fully saturated rings. The highest BCUT2D eigenvalue weighted by atomic mass is 35.5. The predicted molar refractivity (Wildman–Crippen MR) is 134 cm³/mol. The van der Waals surface area contributed by atoms with Gasteiger partial charge in [-0.1, -0.05) is 72.5 Å². The van der Waals surface area contributed by atoms with E-state index in [0.29, 0.717) is 35.4 Å². The van der Waals surface area contributed by atoms with E-state index in [4.69, 9.17) is 11.6 Å². The van der Waals surface area contributed by atoms with Gasteiger partial charge in [-0.05, 0) is 37.3 Å². The lowest BCUT2D eigenvalue weighted by Gasteiger charge is -2.43. The van der Waals surface area contributed by atoms with Crippen LogP contribution in [0.25, 0.3) is 6.08 Å². The first-order chi connectivity index (χ1) is 15.9. The average molecular weight is 509 g/mol. The highest BCUT2D eigenvalue weighted by Gasteiger charge is 2.36. The minimum absolute atomic E-state index is 0.00640. The Bertz CT molecular complexity index is 1060. The number of benzene rings is 1. The van der Waals surface area contributed by atoms with Crippen molar-refractivity contribution < 1.29 is 13.2 Å². The summed E-state index contributed by atoms with van der Waals surface area (Å²) in [6.45, 7) is 0.789. The van der Waals surface area contributed by atoms with Gasteiger partial charge < -0.3 is 4.90 Å². The van der Waals surface area contributed by atoms with E-state index in [1.165, 1.54) is 33.7 Å². The van der Waals surface area contributed by atoms with Gasteiger partial charge in [-0.3, -0.25) is 5.32 Å². The zero-order valence-corrected chi connectivity index (χ0v) is 20.8. The number of nitrogens with zero attached hydrogens (tertiary/aromatic N) is 3. The molecule has 0 bridgehead atoms. The van der Waals surface area contributed by atoms with Crippen LogP contribution in [0.15, 0.2) is 41.9 Å². The highest BCUT2D eigenvalue weighted by molar-refractivity contribution is 7.92. The molecule has 1 aromatic heterocycles. The maximum absolute atomic E-state index is 13.3. The standard InChI is InChI=1S/C23H29ClN4O3S2/c24-21-17-25-22(32-21)26-23(29)28(19-9-5-2-6-10-19)20-11-14-27(15-12-20)33(30,31)16-13-18-7-3-1-4-8-18/h1,3-4,7-8,13,16-17,19-20H,2,5-6,9-12,14-15H2,(H,25,26,29)/b16-13+. The molecule has 0 atom stereocenters. The number of hydrogen-bond donors (Lipinski definition) is 1. The van der Waals surface area contributed by atoms with E-state index >= 15 is 0 Å². The third-order valence-corrected chi connectivity index (χ3v) is 8.90. The SMILES string of the molecule is O=C(Nc1ncc(Cl)s1)N(C1CCCCC1)C1CCN(S(=O)(=O)/C=C/c2ccccc2)CC1. The number of piperidine rings is 1. The summed E-state index contributed by atoms with van der Waals surface area (Å²) >= 11 is 7.20. The van der Waals surface area contributed by atoms with E-state index in [-0.39, 0.29) is 18.1 Å². The van der Waals surface area contributed by atoms with Crippen LogP contribution < -0.4 is 5.32 Å². The van der Waals surface area contributed by atoms with E-state index in [2.05, 4.69) is 10.3 Å². The van der Waals surface area contributed by atoms with Crippen LogP contribution >= 0.6 is 22.9 Å². The molecule has 1 saturated heterocycles. The molecule has 33 heavy (non-hydrogen) atoms. The van der Waals surface area contributed by atoms with Gasteiger partial charge in [0.15, 0.2) is 5.13 Å². The van der Waals surface area contributed by atoms with Gasteiger partial charge in [-0.15, -0.1) is 0 Å². The Hall–Kier alpha value is -1.94. The number of halogens is 1. The smallest absolute Gasteiger partial charge is 0.318 e. The largest absolute Gasteiger partial charge is 0.324 e. The number of carbonyl (C=O) groups is 1. The van der Waals surface area contributed by atoms with Crippen LogP contribution in [0.1, 0.15) is 50.5 Å². The van der Waals surface area contributed by atoms with Crippen LogP contribution in [-0.4, -0.2) is 53.8 Å². The summed E-state index contributed by atoms with van der Waals surface area (Å²) < 4.78 is 27.7. The average Bonchev–Trinajstić information content (AvgIpc) is 3.24. The van der Waals surface area contributed by atoms with Gasteiger partial charge in [0.25, 0.3) is 0 Å². The van der Waals surface area contributed by atoms with E-state index in [1.807, 2.05) is 35.2 Å². The van der Waals surface area contributed by atoms with Crippen molar-refractivity contribution in [2.45, 2.75) is 57.0 Å². The number of urea groups is 1. The van der Waals surface area contributed by atoms with Gasteiger partial charge in [0.05, 0.1) is 6.20 Å². The molecule has 1 aliphatic carbocycles. The van der Waals surface area contributed by atoms with Crippen molar-refractivity contribution in [2.24, 2.45) is 0 Å². The maximum atomic E-state index is 13.3. The number of aromatic nitrogens is 1. The third-order valence-electron chi connectivity index (χ3n) is 6.30. The van der Waals surface area contributed by atoms with Gasteiger partial charge in [-0.2, -0.15) is 4.31 Å². The van der Waals surface area contributed by atoms with E-state index in [0.717, 1.165) is 31.2 Å². The lowest BCUT2D eigenvalue weighted by Crippen LogP contribution is -2.54. The minimum Gasteiger partial charge on any atom is -0.318 e. The van der Waals surface area contributed by atoms with Gasteiger partial charge >= 0.3 is 6.03 Å². The number of sulfonamides is 1. The maximum Gasteiger partial charge on any atom is 0.324 e. The number of hydrogen-bond acceptors (Lipinski definition) is 5. The summed E-state index contributed by atoms with van der Waals surface area (Å²) in [6, 6.07) is 9.38. The Morgan fingerprint density at radius 2 is 1.76 bits per heavy atom. The number of rotatable bonds is 6. The molecule has 1 saturated carbocycles. The molecule has 0 radical (unpaired) electrons. The van der Waals surface area contributed by atoms with Crippen molar-refractivity contribution in [1.29, 1.82) is 0 Å². The second kappa shape index (κ2) is 11.0. The molecular formula is C23H29ClN4O3S2. The Labute approximate surface area is 204 Å². The first kappa shape index (κ1) is 24.2. The fourth-order valence-electron chi connectivity index (χ4n) is 4.65.